The van der Waals surface area contributed by atoms with Gasteiger partial charge in [-0.15, -0.1) is 0 Å². The number of benzene rings is 1. The number of hydrogen-bond donors (Lipinski definition) is 2. The van der Waals surface area contributed by atoms with Gasteiger partial charge >= 0.3 is 0 Å². The molecule has 0 bridgehead atoms. The first-order valence-corrected chi connectivity index (χ1v) is 14.8. The van der Waals surface area contributed by atoms with Crippen LogP contribution in [0, 0.1) is 19.8 Å². The van der Waals surface area contributed by atoms with E-state index in [4.69, 9.17) is 81.2 Å². The molecule has 1 atom stereocenters. The summed E-state index contributed by atoms with van der Waals surface area (Å²) in [7, 11) is 0. The van der Waals surface area contributed by atoms with Gasteiger partial charge < -0.3 is 15.0 Å². The van der Waals surface area contributed by atoms with Crippen molar-refractivity contribution in [1.82, 2.24) is 34.6 Å². The number of rotatable bonds is 6. The molecule has 2 saturated heterocycles. The van der Waals surface area contributed by atoms with E-state index in [-0.39, 0.29) is 17.9 Å². The number of ether oxygens (including phenoxy) is 1. The fraction of sp³-hybridized carbons (Fsp3) is 0.500. The van der Waals surface area contributed by atoms with E-state index in [1.807, 2.05) is 28.8 Å². The van der Waals surface area contributed by atoms with Gasteiger partial charge in [-0.1, -0.05) is 12.1 Å². The minimum Gasteiger partial charge on any atom is -0.377 e. The van der Waals surface area contributed by atoms with Gasteiger partial charge in [-0.25, -0.2) is 14.5 Å². The quantitative estimate of drug-likeness (QED) is 0.218. The van der Waals surface area contributed by atoms with Crippen LogP contribution in [0.4, 0.5) is 11.8 Å². The lowest BCUT2D eigenvalue weighted by Gasteiger charge is -2.34. The van der Waals surface area contributed by atoms with Crippen LogP contribution in [-0.4, -0.2) is 74.1 Å². The van der Waals surface area contributed by atoms with Crippen LogP contribution in [0.2, 0.25) is 0 Å². The number of nitrogens with one attached hydrogen (secondary N) is 2. The predicted octanol–water partition coefficient (Wildman–Crippen LogP) is 8.47. The number of piperidine rings is 1. The number of amides is 1. The first-order valence-electron chi connectivity index (χ1n) is 33.8. The fourth-order valence-electron chi connectivity index (χ4n) is 6.18. The summed E-state index contributed by atoms with van der Waals surface area (Å²) in [6.07, 6.45) is 3.93. The van der Waals surface area contributed by atoms with Crippen LogP contribution in [-0.2, 0) is 9.53 Å². The van der Waals surface area contributed by atoms with Gasteiger partial charge in [-0.3, -0.25) is 14.8 Å². The molecule has 1 aromatic carbocycles. The molecule has 11 heteroatoms. The molecule has 2 N–H and O–H groups in total. The van der Waals surface area contributed by atoms with Gasteiger partial charge in [-0.2, -0.15) is 10.1 Å². The highest BCUT2D eigenvalue weighted by molar-refractivity contribution is 5.95. The second-order valence-corrected chi connectivity index (χ2v) is 11.5. The lowest BCUT2D eigenvalue weighted by molar-refractivity contribution is -0.117. The van der Waals surface area contributed by atoms with Crippen LogP contribution < -0.4 is 15.5 Å². The zero-order valence-corrected chi connectivity index (χ0v) is 23.9. The van der Waals surface area contributed by atoms with Crippen molar-refractivity contribution in [2.75, 3.05) is 43.1 Å². The number of aryl methyl sites for hydroxylation is 1. The number of hydrogen-bond acceptors (Lipinski definition) is 8. The van der Waals surface area contributed by atoms with Gasteiger partial charge in [0.25, 0.3) is 0 Å². The molecule has 3 aromatic heterocycles. The minimum atomic E-state index is -0.00493. The molecule has 2 aliphatic heterocycles. The first-order chi connectivity index (χ1) is 39.0. The Morgan fingerprint density at radius 1 is 1.12 bits per heavy atom. The van der Waals surface area contributed by atoms with Crippen molar-refractivity contribution in [2.24, 2.45) is 5.92 Å². The molecule has 1 aliphatic carbocycles. The molecule has 0 radical (unpaired) electrons. The second-order valence-electron chi connectivity index (χ2n) is 11.5. The van der Waals surface area contributed by atoms with Crippen molar-refractivity contribution in [3.8, 4) is 17.2 Å². The van der Waals surface area contributed by atoms with Crippen molar-refractivity contribution in [3.05, 3.63) is 41.7 Å². The van der Waals surface area contributed by atoms with Gasteiger partial charge in [0.15, 0.2) is 0 Å². The summed E-state index contributed by atoms with van der Waals surface area (Å²) in [5.41, 5.74) is 5.52. The Balaban J connectivity index is -0.0000000890. The van der Waals surface area contributed by atoms with Crippen LogP contribution in [0.25, 0.3) is 28.2 Å². The summed E-state index contributed by atoms with van der Waals surface area (Å²) >= 11 is 0. The third-order valence-corrected chi connectivity index (χ3v) is 8.54. The Hall–Kier alpha value is -3.83. The molecule has 5 heterocycles. The van der Waals surface area contributed by atoms with Crippen LogP contribution in [0.3, 0.4) is 0 Å². The summed E-state index contributed by atoms with van der Waals surface area (Å²) in [5.74, 6) is 1.79. The van der Waals surface area contributed by atoms with Crippen LogP contribution >= 0.6 is 0 Å². The predicted molar refractivity (Wildman–Crippen MR) is 198 cm³/mol. The lowest BCUT2D eigenvalue weighted by Crippen LogP contribution is -2.44. The Bertz CT molecular complexity index is 1680. The Morgan fingerprint density at radius 2 is 1.93 bits per heavy atom. The number of para-hydroxylation sites is 2. The molecule has 3 aliphatic rings. The Morgan fingerprint density at radius 3 is 2.71 bits per heavy atom. The van der Waals surface area contributed by atoms with Gasteiger partial charge in [0, 0.05) is 86.2 Å². The van der Waals surface area contributed by atoms with Crippen LogP contribution in [0.15, 0.2) is 30.3 Å². The smallest absolute Gasteiger partial charge is 0.239 e. The number of morpholine rings is 1. The maximum absolute atomic E-state index is 12.9. The van der Waals surface area contributed by atoms with E-state index in [0.717, 1.165) is 84.8 Å². The molecular weight excluding hydrogens is 518 g/mol. The highest BCUT2D eigenvalue weighted by Crippen LogP contribution is 2.35. The summed E-state index contributed by atoms with van der Waals surface area (Å²) < 4.78 is 200. The summed E-state index contributed by atoms with van der Waals surface area (Å²) in [5, 5.41) is 11.5. The van der Waals surface area contributed by atoms with Gasteiger partial charge in [0.1, 0.15) is 5.82 Å². The lowest BCUT2D eigenvalue weighted by atomic mass is 10.1. The van der Waals surface area contributed by atoms with E-state index in [2.05, 4.69) is 47.1 Å². The second kappa shape index (κ2) is 10.5. The van der Waals surface area contributed by atoms with E-state index in [0.29, 0.717) is 31.2 Å². The molecule has 7 rings (SSSR count). The van der Waals surface area contributed by atoms with Crippen molar-refractivity contribution in [3.63, 3.8) is 0 Å². The summed E-state index contributed by atoms with van der Waals surface area (Å²) in [6, 6.07) is 10.5. The molecule has 0 unspecified atom stereocenters. The molecular formula is C30H75N9O2. The fourth-order valence-corrected chi connectivity index (χ4v) is 6.18. The maximum atomic E-state index is 12.9. The molecule has 1 amide bonds. The average molecular weight is 632 g/mol. The summed E-state index contributed by atoms with van der Waals surface area (Å²) in [6.45, 7) is 10.4. The van der Waals surface area contributed by atoms with E-state index in [1.54, 1.807) is 0 Å². The monoisotopic (exact) mass is 632 g/mol. The van der Waals surface area contributed by atoms with Crippen molar-refractivity contribution < 1.29 is 66.0 Å². The molecule has 3 fully saturated rings. The average Bonchev–Trinajstić information content (AvgIpc) is 4.32. The van der Waals surface area contributed by atoms with Crippen molar-refractivity contribution in [1.29, 1.82) is 0 Å². The molecule has 41 heavy (non-hydrogen) atoms. The van der Waals surface area contributed by atoms with Gasteiger partial charge in [0.2, 0.25) is 17.8 Å². The molecule has 0 spiro atoms. The standard InChI is InChI=1S/C30H37N9O2.19H2/c1-18-17-41-15-14-37(18)26-16-24(27-19(2)36-39(20(27)3)22-10-12-31-13-11-22)33-29(34-26)38-25-7-5-4-6-23(25)32-30(38)35-28(40)21-8-9-21;;;;;;;;;;;;;;;;;;;/h4-7,16,18,21-22,31H,8-15,17H2,1-3H3,(H,32,35,40);19*1H/t18-;;;;;;;;;;;;;;;;;;;/m1.................../s1/i;19*1+1D. The van der Waals surface area contributed by atoms with Crippen LogP contribution in [0.1, 0.15) is 106 Å². The minimum absolute atomic E-state index is 0.00493. The number of carbonyl (C=O) groups is 1. The molecule has 1 saturated carbocycles. The van der Waals surface area contributed by atoms with E-state index < -0.39 is 0 Å². The number of fused-ring (bicyclic) bond motifs is 1. The van der Waals surface area contributed by atoms with E-state index in [9.17, 15) is 4.79 Å². The number of anilines is 2. The molecule has 4 aromatic rings. The molecule has 252 valence electrons. The molecule has 11 nitrogen and oxygen atoms in total. The highest BCUT2D eigenvalue weighted by Gasteiger charge is 2.32. The normalized spacial score (nSPS) is 23.8. The van der Waals surface area contributed by atoms with E-state index >= 15 is 0 Å². The third-order valence-electron chi connectivity index (χ3n) is 8.54. The zero-order chi connectivity index (χ0) is 66.1. The maximum Gasteiger partial charge on any atom is 0.239 e. The van der Waals surface area contributed by atoms with Crippen LogP contribution in [0.5, 0.6) is 0 Å². The van der Waals surface area contributed by atoms with Gasteiger partial charge in [0.05, 0.1) is 47.7 Å². The van der Waals surface area contributed by atoms with Crippen molar-refractivity contribution in [2.45, 2.75) is 58.5 Å². The Labute approximate surface area is 298 Å². The SMILES string of the molecule is Cc1nn(C2CCNCC2)c(C)c1-c1cc(N2CCOC[C@H]2C)nc(-n2c(NC(=O)C3CC3)nc3ccccc32)n1.[2H][2H].[2H][2H].[2H][2H].[2H][2H].[2H][2H].[2H][2H].[2H][2H].[2H][2H].[2H][2H].[2H][2H].[2H][2H].[2H][2H].[2H][2H].[2H][2H].[2H][2H].[2H][2H].[2H][2H].[2H][2H].[2H][2H]. The zero-order valence-electron chi connectivity index (χ0n) is 61.9. The largest absolute Gasteiger partial charge is 0.377 e. The number of carbonyl (C=O) groups excluding carboxylic acids is 1. The number of aromatic nitrogens is 6. The third kappa shape index (κ3) is 4.87. The number of nitrogens with zero attached hydrogens (tertiary/aromatic N) is 7. The topological polar surface area (TPSA) is 115 Å². The summed E-state index contributed by atoms with van der Waals surface area (Å²) in [4.78, 5) is 30.2. The van der Waals surface area contributed by atoms with E-state index in [1.165, 1.54) is 0 Å². The number of imidazole rings is 1. The first kappa shape index (κ1) is 12.6. The highest BCUT2D eigenvalue weighted by atomic mass is 16.5. The van der Waals surface area contributed by atoms with Gasteiger partial charge in [-0.05, 0) is 71.7 Å². The van der Waals surface area contributed by atoms with Crippen molar-refractivity contribution >= 4 is 28.7 Å². The Kier molecular flexibility index (Phi) is 3.23.